The standard InChI is InChI=1S/C7H9.C5H5.Co/c1-2-7-5-3-4-6-7;1-2-4-5-3-1;/h3-6H,2H2,1H3;1-5H;. The summed E-state index contributed by atoms with van der Waals surface area (Å²) >= 11 is 0. The van der Waals surface area contributed by atoms with Crippen LogP contribution in [0.4, 0.5) is 0 Å². The van der Waals surface area contributed by atoms with E-state index < -0.39 is 6.37 Å². The SMILES string of the molecule is CC[C]12[CH]3[CH]4[CH]5[CH]1[Co]45321678[CH]2[CH]1[CH]6[CH]7[CH]28. The van der Waals surface area contributed by atoms with Crippen molar-refractivity contribution in [3.05, 3.63) is 0 Å². The van der Waals surface area contributed by atoms with E-state index in [9.17, 15) is 0 Å². The molecule has 0 radical (unpaired) electrons. The molecule has 71 valence electrons. The van der Waals surface area contributed by atoms with Gasteiger partial charge in [-0.05, 0) is 0 Å². The van der Waals surface area contributed by atoms with Gasteiger partial charge >= 0.3 is 67.7 Å². The number of rotatable bonds is 1. The van der Waals surface area contributed by atoms with Crippen molar-refractivity contribution in [1.82, 2.24) is 0 Å². The summed E-state index contributed by atoms with van der Waals surface area (Å²) in [4.78, 5) is 14.0. The van der Waals surface area contributed by atoms with Gasteiger partial charge < -0.3 is 0 Å². The number of hydrogen-bond donors (Lipinski definition) is 0. The Kier molecular flexibility index (Phi) is 0.0840. The van der Waals surface area contributed by atoms with Gasteiger partial charge in [-0.3, -0.25) is 0 Å². The first kappa shape index (κ1) is 4.17. The van der Waals surface area contributed by atoms with E-state index in [1.807, 2.05) is 0 Å². The topological polar surface area (TPSA) is 0 Å². The molecule has 0 aromatic heterocycles. The van der Waals surface area contributed by atoms with E-state index in [1.165, 1.54) is 4.35 Å². The van der Waals surface area contributed by atoms with Gasteiger partial charge in [0.2, 0.25) is 0 Å². The average molecular weight is 217 g/mol. The predicted molar refractivity (Wildman–Crippen MR) is 46.7 cm³/mol. The molecular formula is C12H14Co. The van der Waals surface area contributed by atoms with E-state index in [0.29, 0.717) is 0 Å². The Morgan fingerprint density at radius 3 is 1.38 bits per heavy atom. The molecule has 10 saturated heterocycles. The second-order valence-electron chi connectivity index (χ2n) is 9.76. The van der Waals surface area contributed by atoms with Gasteiger partial charge in [0.05, 0.1) is 0 Å². The predicted octanol–water partition coefficient (Wildman–Crippen LogP) is 4.16. The van der Waals surface area contributed by atoms with Crippen LogP contribution in [0.5, 0.6) is 0 Å². The van der Waals surface area contributed by atoms with Crippen LogP contribution in [0, 0.1) is 0 Å². The Bertz CT molecular complexity index is 765. The van der Waals surface area contributed by atoms with Crippen LogP contribution in [0.2, 0.25) is 48.0 Å². The molecule has 4 unspecified atom stereocenters. The summed E-state index contributed by atoms with van der Waals surface area (Å²) in [6.45, 7) is 2.58. The van der Waals surface area contributed by atoms with E-state index in [1.54, 1.807) is 50.1 Å². The fourth-order valence-electron chi connectivity index (χ4n) is 16.6. The van der Waals surface area contributed by atoms with E-state index in [-0.39, 0.29) is 0 Å². The third kappa shape index (κ3) is 0.0295. The van der Waals surface area contributed by atoms with E-state index >= 15 is 0 Å². The molecule has 1 heteroatoms. The van der Waals surface area contributed by atoms with Crippen LogP contribution in [0.15, 0.2) is 0 Å². The van der Waals surface area contributed by atoms with E-state index in [2.05, 4.69) is 6.92 Å². The van der Waals surface area contributed by atoms with E-state index in [4.69, 9.17) is 0 Å². The van der Waals surface area contributed by atoms with Gasteiger partial charge in [-0.25, -0.2) is 0 Å². The first-order valence-corrected chi connectivity index (χ1v) is 12.1. The van der Waals surface area contributed by atoms with Crippen LogP contribution in [0.25, 0.3) is 0 Å². The minimum absolute atomic E-state index is 1.23. The molecule has 10 aliphatic rings. The van der Waals surface area contributed by atoms with E-state index in [0.717, 1.165) is 0 Å². The normalized spacial score (nSPS) is 152. The van der Waals surface area contributed by atoms with Crippen molar-refractivity contribution in [2.75, 3.05) is 0 Å². The molecule has 10 heterocycles. The Hall–Kier alpha value is 0.506. The molecule has 0 N–H and O–H groups in total. The van der Waals surface area contributed by atoms with Gasteiger partial charge in [-0.1, -0.05) is 0 Å². The second kappa shape index (κ2) is 0.262. The molecule has 10 fully saturated rings. The van der Waals surface area contributed by atoms with Crippen molar-refractivity contribution in [2.45, 2.75) is 61.4 Å². The average Bonchev–Trinajstić information content (AvgIpc) is 3.12. The Morgan fingerprint density at radius 1 is 0.846 bits per heavy atom. The Labute approximate surface area is 68.0 Å². The summed E-state index contributed by atoms with van der Waals surface area (Å²) in [5.41, 5.74) is 0. The van der Waals surface area contributed by atoms with Crippen LogP contribution in [-0.4, -0.2) is 0 Å². The summed E-state index contributed by atoms with van der Waals surface area (Å²) in [6, 6.07) is 0. The van der Waals surface area contributed by atoms with Crippen molar-refractivity contribution in [3.63, 3.8) is 0 Å². The van der Waals surface area contributed by atoms with Crippen molar-refractivity contribution < 1.29 is 6.37 Å². The zero-order valence-corrected chi connectivity index (χ0v) is 8.78. The molecule has 0 saturated carbocycles. The molecule has 0 aromatic carbocycles. The molecule has 0 aromatic rings. The maximum atomic E-state index is 2.58. The number of hydrogen-bond acceptors (Lipinski definition) is 0. The molecular weight excluding hydrogens is 203 g/mol. The van der Waals surface area contributed by atoms with Crippen LogP contribution in [0.3, 0.4) is 0 Å². The molecule has 1 spiro atoms. The quantitative estimate of drug-likeness (QED) is 0.618. The van der Waals surface area contributed by atoms with Crippen molar-refractivity contribution in [3.8, 4) is 0 Å². The third-order valence-electron chi connectivity index (χ3n) is 14.7. The van der Waals surface area contributed by atoms with Gasteiger partial charge in [0, 0.05) is 0 Å². The summed E-state index contributed by atoms with van der Waals surface area (Å²) in [7, 11) is 0. The summed E-state index contributed by atoms with van der Waals surface area (Å²) in [5.74, 6) is 0. The number of fused-ring (bicyclic) bond motifs is 10. The van der Waals surface area contributed by atoms with Gasteiger partial charge in [0.1, 0.15) is 0 Å². The van der Waals surface area contributed by atoms with Gasteiger partial charge in [0.25, 0.3) is 0 Å². The molecule has 4 atom stereocenters. The second-order valence-corrected chi connectivity index (χ2v) is 32.1. The monoisotopic (exact) mass is 217 g/mol. The maximum absolute atomic E-state index is 2.58. The van der Waals surface area contributed by atoms with Crippen molar-refractivity contribution in [1.29, 1.82) is 0 Å². The molecule has 0 amide bonds. The molecule has 0 aliphatic carbocycles. The Balaban J connectivity index is 2.08. The molecule has 13 heavy (non-hydrogen) atoms. The van der Waals surface area contributed by atoms with Crippen LogP contribution in [0.1, 0.15) is 13.3 Å². The molecule has 10 rings (SSSR count). The van der Waals surface area contributed by atoms with Gasteiger partial charge in [0.15, 0.2) is 0 Å². The first-order valence-electron chi connectivity index (χ1n) is 6.20. The minimum atomic E-state index is -2.41. The van der Waals surface area contributed by atoms with Gasteiger partial charge in [-0.2, -0.15) is 0 Å². The zero-order valence-electron chi connectivity index (χ0n) is 7.74. The fraction of sp³-hybridized carbons (Fsp3) is 1.00. The van der Waals surface area contributed by atoms with Gasteiger partial charge in [-0.15, -0.1) is 0 Å². The van der Waals surface area contributed by atoms with Crippen LogP contribution in [-0.2, 0) is 6.37 Å². The van der Waals surface area contributed by atoms with Crippen molar-refractivity contribution in [2.24, 2.45) is 0 Å². The molecule has 0 bridgehead atoms. The Morgan fingerprint density at radius 2 is 1.31 bits per heavy atom. The van der Waals surface area contributed by atoms with Crippen LogP contribution >= 0.6 is 0 Å². The fourth-order valence-corrected chi connectivity index (χ4v) is 86.5. The summed E-state index contributed by atoms with van der Waals surface area (Å²) < 4.78 is 1.23. The first-order chi connectivity index (χ1) is 6.11. The molecule has 0 nitrogen and oxygen atoms in total. The van der Waals surface area contributed by atoms with Crippen LogP contribution < -0.4 is 0 Å². The third-order valence-corrected chi connectivity index (χ3v) is 55.4. The zero-order chi connectivity index (χ0) is 7.72. The molecule has 10 aliphatic heterocycles. The van der Waals surface area contributed by atoms with Crippen molar-refractivity contribution >= 4 is 0 Å². The summed E-state index contributed by atoms with van der Waals surface area (Å²) in [5, 5.41) is 0. The summed E-state index contributed by atoms with van der Waals surface area (Å²) in [6.07, 6.45) is -0.732.